The molecule has 0 saturated heterocycles. The zero-order valence-corrected chi connectivity index (χ0v) is 14.5. The van der Waals surface area contributed by atoms with Crippen molar-refractivity contribution in [1.29, 1.82) is 0 Å². The summed E-state index contributed by atoms with van der Waals surface area (Å²) in [7, 11) is 1.55. The number of methoxy groups -OCH3 is 1. The minimum Gasteiger partial charge on any atom is -0.493 e. The van der Waals surface area contributed by atoms with E-state index in [4.69, 9.17) is 9.47 Å². The molecule has 0 bridgehead atoms. The van der Waals surface area contributed by atoms with Crippen molar-refractivity contribution >= 4 is 23.2 Å². The zero-order chi connectivity index (χ0) is 18.2. The number of ether oxygens (including phenoxy) is 2. The molecule has 2 rings (SSSR count). The number of carbonyl (C=O) groups excluding carboxylic acids is 2. The van der Waals surface area contributed by atoms with Gasteiger partial charge in [-0.15, -0.1) is 0 Å². The molecule has 1 atom stereocenters. The average Bonchev–Trinajstić information content (AvgIpc) is 2.63. The lowest BCUT2D eigenvalue weighted by Gasteiger charge is -2.16. The summed E-state index contributed by atoms with van der Waals surface area (Å²) < 4.78 is 10.9. The Morgan fingerprint density at radius 2 is 1.52 bits per heavy atom. The van der Waals surface area contributed by atoms with Crippen LogP contribution in [0.15, 0.2) is 48.5 Å². The molecular formula is C19H22N2O4. The summed E-state index contributed by atoms with van der Waals surface area (Å²) in [5, 5.41) is 5.53. The predicted molar refractivity (Wildman–Crippen MR) is 97.1 cm³/mol. The number of hydrogen-bond donors (Lipinski definition) is 2. The minimum atomic E-state index is -0.698. The van der Waals surface area contributed by atoms with E-state index in [1.165, 1.54) is 0 Å². The van der Waals surface area contributed by atoms with Gasteiger partial charge in [0.15, 0.2) is 17.6 Å². The van der Waals surface area contributed by atoms with E-state index in [9.17, 15) is 9.59 Å². The first kappa shape index (κ1) is 18.3. The maximum atomic E-state index is 12.3. The van der Waals surface area contributed by atoms with Gasteiger partial charge < -0.3 is 20.1 Å². The second kappa shape index (κ2) is 8.73. The summed E-state index contributed by atoms with van der Waals surface area (Å²) >= 11 is 0. The number of amides is 2. The number of anilines is 2. The first-order valence-corrected chi connectivity index (χ1v) is 8.04. The highest BCUT2D eigenvalue weighted by atomic mass is 16.5. The maximum absolute atomic E-state index is 12.3. The fourth-order valence-electron chi connectivity index (χ4n) is 2.09. The van der Waals surface area contributed by atoms with Crippen LogP contribution in [0.4, 0.5) is 11.4 Å². The van der Waals surface area contributed by atoms with Crippen LogP contribution in [0, 0.1) is 0 Å². The molecule has 6 nitrogen and oxygen atoms in total. The Morgan fingerprint density at radius 3 is 2.08 bits per heavy atom. The number of benzene rings is 2. The smallest absolute Gasteiger partial charge is 0.265 e. The van der Waals surface area contributed by atoms with Crippen LogP contribution in [-0.2, 0) is 9.59 Å². The number of para-hydroxylation sites is 2. The van der Waals surface area contributed by atoms with Gasteiger partial charge in [-0.05, 0) is 43.3 Å². The highest BCUT2D eigenvalue weighted by Gasteiger charge is 2.16. The Balaban J connectivity index is 1.95. The predicted octanol–water partition coefficient (Wildman–Crippen LogP) is 3.45. The molecule has 0 aromatic heterocycles. The molecule has 0 aliphatic carbocycles. The monoisotopic (exact) mass is 342 g/mol. The summed E-state index contributed by atoms with van der Waals surface area (Å²) in [4.78, 5) is 23.6. The van der Waals surface area contributed by atoms with E-state index >= 15 is 0 Å². The third-order valence-corrected chi connectivity index (χ3v) is 3.50. The quantitative estimate of drug-likeness (QED) is 0.808. The standard InChI is InChI=1S/C19H22N2O4/c1-4-18(22)20-14-9-11-15(12-10-14)21-19(23)13(2)25-17-8-6-5-7-16(17)24-3/h5-13H,4H2,1-3H3,(H,20,22)(H,21,23)/t13-/m1/s1. The molecule has 25 heavy (non-hydrogen) atoms. The lowest BCUT2D eigenvalue weighted by Crippen LogP contribution is -2.30. The Hall–Kier alpha value is -3.02. The molecule has 0 saturated carbocycles. The Bertz CT molecular complexity index is 728. The van der Waals surface area contributed by atoms with Crippen molar-refractivity contribution in [3.63, 3.8) is 0 Å². The summed E-state index contributed by atoms with van der Waals surface area (Å²) in [6, 6.07) is 14.1. The number of carbonyl (C=O) groups is 2. The van der Waals surface area contributed by atoms with E-state index in [1.807, 2.05) is 12.1 Å². The molecule has 6 heteroatoms. The fraction of sp³-hybridized carbons (Fsp3) is 0.263. The van der Waals surface area contributed by atoms with Gasteiger partial charge in [0.05, 0.1) is 7.11 Å². The van der Waals surface area contributed by atoms with E-state index in [2.05, 4.69) is 10.6 Å². The average molecular weight is 342 g/mol. The van der Waals surface area contributed by atoms with Gasteiger partial charge in [0.2, 0.25) is 5.91 Å². The van der Waals surface area contributed by atoms with Crippen molar-refractivity contribution < 1.29 is 19.1 Å². The van der Waals surface area contributed by atoms with Crippen molar-refractivity contribution in [3.8, 4) is 11.5 Å². The first-order chi connectivity index (χ1) is 12.0. The zero-order valence-electron chi connectivity index (χ0n) is 14.5. The summed E-state index contributed by atoms with van der Waals surface area (Å²) in [5.74, 6) is 0.732. The Labute approximate surface area is 147 Å². The molecule has 0 spiro atoms. The van der Waals surface area contributed by atoms with Crippen LogP contribution in [0.1, 0.15) is 20.3 Å². The van der Waals surface area contributed by atoms with E-state index < -0.39 is 6.10 Å². The third kappa shape index (κ3) is 5.24. The van der Waals surface area contributed by atoms with Crippen LogP contribution >= 0.6 is 0 Å². The second-order valence-electron chi connectivity index (χ2n) is 5.38. The molecule has 2 aromatic carbocycles. The van der Waals surface area contributed by atoms with E-state index in [-0.39, 0.29) is 11.8 Å². The molecule has 0 aliphatic rings. The van der Waals surface area contributed by atoms with Crippen molar-refractivity contribution in [2.45, 2.75) is 26.4 Å². The lowest BCUT2D eigenvalue weighted by atomic mass is 10.2. The lowest BCUT2D eigenvalue weighted by molar-refractivity contribution is -0.122. The van der Waals surface area contributed by atoms with Gasteiger partial charge in [-0.1, -0.05) is 19.1 Å². The first-order valence-electron chi connectivity index (χ1n) is 8.04. The highest BCUT2D eigenvalue weighted by molar-refractivity contribution is 5.95. The topological polar surface area (TPSA) is 76.7 Å². The number of rotatable bonds is 7. The van der Waals surface area contributed by atoms with Gasteiger partial charge in [0.1, 0.15) is 0 Å². The van der Waals surface area contributed by atoms with Crippen LogP contribution in [0.3, 0.4) is 0 Å². The molecule has 0 radical (unpaired) electrons. The minimum absolute atomic E-state index is 0.0596. The van der Waals surface area contributed by atoms with Crippen molar-refractivity contribution in [1.82, 2.24) is 0 Å². The molecule has 0 heterocycles. The van der Waals surface area contributed by atoms with Crippen LogP contribution in [-0.4, -0.2) is 25.0 Å². The molecule has 2 aromatic rings. The van der Waals surface area contributed by atoms with Gasteiger partial charge in [0, 0.05) is 17.8 Å². The molecule has 0 aliphatic heterocycles. The number of hydrogen-bond acceptors (Lipinski definition) is 4. The molecule has 0 unspecified atom stereocenters. The largest absolute Gasteiger partial charge is 0.493 e. The van der Waals surface area contributed by atoms with Crippen LogP contribution in [0.2, 0.25) is 0 Å². The summed E-state index contributed by atoms with van der Waals surface area (Å²) in [6.07, 6.45) is -0.285. The van der Waals surface area contributed by atoms with Crippen molar-refractivity contribution in [2.24, 2.45) is 0 Å². The van der Waals surface area contributed by atoms with Crippen molar-refractivity contribution in [2.75, 3.05) is 17.7 Å². The Morgan fingerprint density at radius 1 is 0.960 bits per heavy atom. The third-order valence-electron chi connectivity index (χ3n) is 3.50. The molecule has 2 N–H and O–H groups in total. The molecule has 132 valence electrons. The SMILES string of the molecule is CCC(=O)Nc1ccc(NC(=O)[C@@H](C)Oc2ccccc2OC)cc1. The van der Waals surface area contributed by atoms with Gasteiger partial charge >= 0.3 is 0 Å². The van der Waals surface area contributed by atoms with Crippen LogP contribution in [0.25, 0.3) is 0 Å². The van der Waals surface area contributed by atoms with Gasteiger partial charge in [-0.2, -0.15) is 0 Å². The van der Waals surface area contributed by atoms with E-state index in [0.717, 1.165) is 0 Å². The normalized spacial score (nSPS) is 11.3. The van der Waals surface area contributed by atoms with Crippen LogP contribution in [0.5, 0.6) is 11.5 Å². The van der Waals surface area contributed by atoms with Crippen LogP contribution < -0.4 is 20.1 Å². The second-order valence-corrected chi connectivity index (χ2v) is 5.38. The number of nitrogens with one attached hydrogen (secondary N) is 2. The molecular weight excluding hydrogens is 320 g/mol. The van der Waals surface area contributed by atoms with Gasteiger partial charge in [-0.25, -0.2) is 0 Å². The van der Waals surface area contributed by atoms with Crippen molar-refractivity contribution in [3.05, 3.63) is 48.5 Å². The summed E-state index contributed by atoms with van der Waals surface area (Å²) in [6.45, 7) is 3.45. The Kier molecular flexibility index (Phi) is 6.39. The highest BCUT2D eigenvalue weighted by Crippen LogP contribution is 2.27. The fourth-order valence-corrected chi connectivity index (χ4v) is 2.09. The van der Waals surface area contributed by atoms with E-state index in [1.54, 1.807) is 57.4 Å². The summed E-state index contributed by atoms with van der Waals surface area (Å²) in [5.41, 5.74) is 1.30. The molecule has 2 amide bonds. The van der Waals surface area contributed by atoms with Gasteiger partial charge in [0.25, 0.3) is 5.91 Å². The maximum Gasteiger partial charge on any atom is 0.265 e. The van der Waals surface area contributed by atoms with Gasteiger partial charge in [-0.3, -0.25) is 9.59 Å². The molecule has 0 fully saturated rings. The van der Waals surface area contributed by atoms with E-state index in [0.29, 0.717) is 29.3 Å².